The molecule has 0 fully saturated rings. The zero-order valence-corrected chi connectivity index (χ0v) is 9.51. The summed E-state index contributed by atoms with van der Waals surface area (Å²) in [6.07, 6.45) is -0.372. The second kappa shape index (κ2) is 6.25. The van der Waals surface area contributed by atoms with Crippen molar-refractivity contribution in [2.45, 2.75) is 25.7 Å². The van der Waals surface area contributed by atoms with Crippen molar-refractivity contribution in [2.24, 2.45) is 0 Å². The van der Waals surface area contributed by atoms with E-state index in [-0.39, 0.29) is 6.10 Å². The topological polar surface area (TPSA) is 58.6 Å². The van der Waals surface area contributed by atoms with Gasteiger partial charge in [0.15, 0.2) is 0 Å². The minimum atomic E-state index is -0.900. The van der Waals surface area contributed by atoms with E-state index < -0.39 is 12.0 Å². The highest BCUT2D eigenvalue weighted by Gasteiger charge is 2.23. The van der Waals surface area contributed by atoms with Gasteiger partial charge in [0, 0.05) is 0 Å². The van der Waals surface area contributed by atoms with Crippen LogP contribution in [0, 0.1) is 0 Å². The molecule has 0 saturated heterocycles. The van der Waals surface area contributed by atoms with Gasteiger partial charge in [0.1, 0.15) is 6.04 Å². The molecule has 0 aliphatic heterocycles. The first-order valence-corrected chi connectivity index (χ1v) is 5.20. The van der Waals surface area contributed by atoms with E-state index in [0.29, 0.717) is 6.61 Å². The van der Waals surface area contributed by atoms with Crippen LogP contribution in [0.5, 0.6) is 0 Å². The number of carboxylic acid groups (broad SMARTS) is 1. The monoisotopic (exact) mass is 223 g/mol. The summed E-state index contributed by atoms with van der Waals surface area (Å²) in [6.45, 7) is 2.17. The van der Waals surface area contributed by atoms with E-state index in [0.717, 1.165) is 5.56 Å². The lowest BCUT2D eigenvalue weighted by Crippen LogP contribution is -2.43. The lowest BCUT2D eigenvalue weighted by Gasteiger charge is -2.20. The summed E-state index contributed by atoms with van der Waals surface area (Å²) in [5.41, 5.74) is 1.04. The molecule has 0 amide bonds. The van der Waals surface area contributed by atoms with Crippen molar-refractivity contribution in [2.75, 3.05) is 7.05 Å². The highest BCUT2D eigenvalue weighted by atomic mass is 16.5. The molecule has 1 rings (SSSR count). The Hall–Kier alpha value is -1.39. The predicted molar refractivity (Wildman–Crippen MR) is 61.2 cm³/mol. The average molecular weight is 223 g/mol. The van der Waals surface area contributed by atoms with Gasteiger partial charge in [0.25, 0.3) is 0 Å². The third-order valence-electron chi connectivity index (χ3n) is 2.40. The van der Waals surface area contributed by atoms with Crippen molar-refractivity contribution < 1.29 is 14.6 Å². The van der Waals surface area contributed by atoms with E-state index in [2.05, 4.69) is 5.32 Å². The molecule has 0 heterocycles. The van der Waals surface area contributed by atoms with Gasteiger partial charge in [-0.1, -0.05) is 30.3 Å². The first kappa shape index (κ1) is 12.7. The molecule has 2 atom stereocenters. The van der Waals surface area contributed by atoms with E-state index in [4.69, 9.17) is 9.84 Å². The molecular weight excluding hydrogens is 206 g/mol. The Morgan fingerprint density at radius 3 is 2.56 bits per heavy atom. The number of carbonyl (C=O) groups is 1. The largest absolute Gasteiger partial charge is 0.480 e. The van der Waals surface area contributed by atoms with Crippen LogP contribution in [0.3, 0.4) is 0 Å². The Morgan fingerprint density at radius 1 is 1.44 bits per heavy atom. The van der Waals surface area contributed by atoms with Gasteiger partial charge in [-0.2, -0.15) is 0 Å². The van der Waals surface area contributed by atoms with Crippen molar-refractivity contribution in [3.63, 3.8) is 0 Å². The lowest BCUT2D eigenvalue weighted by molar-refractivity contribution is -0.143. The maximum absolute atomic E-state index is 10.8. The normalized spacial score (nSPS) is 14.4. The minimum Gasteiger partial charge on any atom is -0.480 e. The highest BCUT2D eigenvalue weighted by Crippen LogP contribution is 2.06. The second-order valence-corrected chi connectivity index (χ2v) is 3.61. The van der Waals surface area contributed by atoms with Crippen molar-refractivity contribution in [3.8, 4) is 0 Å². The Balaban J connectivity index is 2.46. The fourth-order valence-electron chi connectivity index (χ4n) is 1.46. The predicted octanol–water partition coefficient (Wildman–Crippen LogP) is 1.26. The number of rotatable bonds is 6. The minimum absolute atomic E-state index is 0.372. The molecule has 0 aliphatic rings. The fourth-order valence-corrected chi connectivity index (χ4v) is 1.46. The number of hydrogen-bond donors (Lipinski definition) is 2. The third-order valence-corrected chi connectivity index (χ3v) is 2.40. The molecule has 4 nitrogen and oxygen atoms in total. The van der Waals surface area contributed by atoms with Gasteiger partial charge in [-0.3, -0.25) is 4.79 Å². The summed E-state index contributed by atoms with van der Waals surface area (Å²) in [4.78, 5) is 10.8. The number of hydrogen-bond acceptors (Lipinski definition) is 3. The van der Waals surface area contributed by atoms with Crippen LogP contribution in [0.4, 0.5) is 0 Å². The van der Waals surface area contributed by atoms with Gasteiger partial charge >= 0.3 is 5.97 Å². The van der Waals surface area contributed by atoms with E-state index in [1.165, 1.54) is 0 Å². The van der Waals surface area contributed by atoms with Gasteiger partial charge in [-0.25, -0.2) is 0 Å². The molecule has 0 spiro atoms. The van der Waals surface area contributed by atoms with Crippen molar-refractivity contribution in [1.82, 2.24) is 5.32 Å². The number of benzene rings is 1. The summed E-state index contributed by atoms with van der Waals surface area (Å²) in [5.74, 6) is -0.900. The fraction of sp³-hybridized carbons (Fsp3) is 0.417. The Kier molecular flexibility index (Phi) is 4.95. The number of carboxylic acids is 1. The van der Waals surface area contributed by atoms with Crippen LogP contribution in [0.2, 0.25) is 0 Å². The summed E-state index contributed by atoms with van der Waals surface area (Å²) in [7, 11) is 1.61. The molecule has 0 bridgehead atoms. The zero-order valence-electron chi connectivity index (χ0n) is 9.51. The zero-order chi connectivity index (χ0) is 12.0. The summed E-state index contributed by atoms with van der Waals surface area (Å²) in [5, 5.41) is 11.6. The second-order valence-electron chi connectivity index (χ2n) is 3.61. The SMILES string of the molecule is CNC(C(=O)O)C(C)OCc1ccccc1. The van der Waals surface area contributed by atoms with Crippen LogP contribution < -0.4 is 5.32 Å². The first-order valence-electron chi connectivity index (χ1n) is 5.20. The molecule has 2 unspecified atom stereocenters. The van der Waals surface area contributed by atoms with E-state index in [1.54, 1.807) is 14.0 Å². The highest BCUT2D eigenvalue weighted by molar-refractivity contribution is 5.74. The van der Waals surface area contributed by atoms with Crippen LogP contribution in [-0.4, -0.2) is 30.3 Å². The van der Waals surface area contributed by atoms with Gasteiger partial charge in [0.05, 0.1) is 12.7 Å². The van der Waals surface area contributed by atoms with Crippen molar-refractivity contribution in [3.05, 3.63) is 35.9 Å². The van der Waals surface area contributed by atoms with Crippen LogP contribution in [0.15, 0.2) is 30.3 Å². The quantitative estimate of drug-likeness (QED) is 0.762. The molecule has 0 aromatic heterocycles. The summed E-state index contributed by atoms with van der Waals surface area (Å²) >= 11 is 0. The molecular formula is C12H17NO3. The van der Waals surface area contributed by atoms with E-state index >= 15 is 0 Å². The number of likely N-dealkylation sites (N-methyl/N-ethyl adjacent to an activating group) is 1. The van der Waals surface area contributed by atoms with E-state index in [9.17, 15) is 4.79 Å². The van der Waals surface area contributed by atoms with E-state index in [1.807, 2.05) is 30.3 Å². The standard InChI is InChI=1S/C12H17NO3/c1-9(11(13-2)12(14)15)16-8-10-6-4-3-5-7-10/h3-7,9,11,13H,8H2,1-2H3,(H,14,15). The Morgan fingerprint density at radius 2 is 2.06 bits per heavy atom. The molecule has 0 saturated carbocycles. The molecule has 0 radical (unpaired) electrons. The third kappa shape index (κ3) is 3.64. The van der Waals surface area contributed by atoms with Crippen LogP contribution in [0.25, 0.3) is 0 Å². The number of ether oxygens (including phenoxy) is 1. The van der Waals surface area contributed by atoms with Crippen molar-refractivity contribution >= 4 is 5.97 Å². The van der Waals surface area contributed by atoms with Gasteiger partial charge in [-0.05, 0) is 19.5 Å². The maximum atomic E-state index is 10.8. The molecule has 4 heteroatoms. The van der Waals surface area contributed by atoms with Crippen LogP contribution in [0.1, 0.15) is 12.5 Å². The number of aliphatic carboxylic acids is 1. The molecule has 1 aromatic carbocycles. The molecule has 2 N–H and O–H groups in total. The van der Waals surface area contributed by atoms with Crippen molar-refractivity contribution in [1.29, 1.82) is 0 Å². The molecule has 16 heavy (non-hydrogen) atoms. The Labute approximate surface area is 95.2 Å². The summed E-state index contributed by atoms with van der Waals surface area (Å²) in [6, 6.07) is 9.00. The first-order chi connectivity index (χ1) is 7.65. The molecule has 0 aliphatic carbocycles. The number of nitrogens with one attached hydrogen (secondary N) is 1. The summed E-state index contributed by atoms with van der Waals surface area (Å²) < 4.78 is 5.50. The lowest BCUT2D eigenvalue weighted by atomic mass is 10.2. The van der Waals surface area contributed by atoms with Crippen LogP contribution >= 0.6 is 0 Å². The van der Waals surface area contributed by atoms with Gasteiger partial charge < -0.3 is 15.2 Å². The smallest absolute Gasteiger partial charge is 0.323 e. The Bertz CT molecular complexity index is 326. The molecule has 1 aromatic rings. The van der Waals surface area contributed by atoms with Crippen LogP contribution in [-0.2, 0) is 16.1 Å². The molecule has 88 valence electrons. The van der Waals surface area contributed by atoms with Gasteiger partial charge in [-0.15, -0.1) is 0 Å². The average Bonchev–Trinajstić information content (AvgIpc) is 2.28. The van der Waals surface area contributed by atoms with Gasteiger partial charge in [0.2, 0.25) is 0 Å². The maximum Gasteiger partial charge on any atom is 0.323 e.